The molecule has 0 N–H and O–H groups in total. The van der Waals surface area contributed by atoms with Crippen LogP contribution in [0.25, 0.3) is 21.7 Å². The van der Waals surface area contributed by atoms with Gasteiger partial charge in [0.15, 0.2) is 5.43 Å². The Balaban J connectivity index is 2.00. The van der Waals surface area contributed by atoms with Gasteiger partial charge in [0.2, 0.25) is 0 Å². The minimum atomic E-state index is 0.0616. The first-order chi connectivity index (χ1) is 10.3. The van der Waals surface area contributed by atoms with Gasteiger partial charge in [0.25, 0.3) is 0 Å². The van der Waals surface area contributed by atoms with Gasteiger partial charge in [0.1, 0.15) is 11.3 Å². The van der Waals surface area contributed by atoms with E-state index in [0.29, 0.717) is 11.3 Å². The van der Waals surface area contributed by atoms with E-state index in [1.807, 2.05) is 36.4 Å². The molecule has 1 aromatic heterocycles. The first kappa shape index (κ1) is 12.4. The van der Waals surface area contributed by atoms with Crippen molar-refractivity contribution >= 4 is 21.7 Å². The molecule has 1 heterocycles. The van der Waals surface area contributed by atoms with Gasteiger partial charge in [0.05, 0.1) is 5.39 Å². The molecule has 0 bridgehead atoms. The van der Waals surface area contributed by atoms with E-state index in [1.165, 1.54) is 0 Å². The summed E-state index contributed by atoms with van der Waals surface area (Å²) in [6.45, 7) is 0. The van der Waals surface area contributed by atoms with E-state index in [4.69, 9.17) is 4.42 Å². The summed E-state index contributed by atoms with van der Waals surface area (Å²) >= 11 is 0. The van der Waals surface area contributed by atoms with E-state index in [2.05, 4.69) is 12.2 Å². The highest BCUT2D eigenvalue weighted by molar-refractivity contribution is 6.03. The van der Waals surface area contributed by atoms with Crippen molar-refractivity contribution in [3.05, 3.63) is 70.6 Å². The summed E-state index contributed by atoms with van der Waals surface area (Å²) in [5.74, 6) is 1.15. The van der Waals surface area contributed by atoms with Crippen LogP contribution >= 0.6 is 0 Å². The number of allylic oxidation sites excluding steroid dienone is 2. The number of fused-ring (bicyclic) bond motifs is 3. The maximum Gasteiger partial charge on any atom is 0.192 e. The van der Waals surface area contributed by atoms with Crippen LogP contribution in [0.3, 0.4) is 0 Å². The average molecular weight is 276 g/mol. The minimum Gasteiger partial charge on any atom is -0.460 e. The van der Waals surface area contributed by atoms with Crippen LogP contribution in [0.15, 0.2) is 63.8 Å². The van der Waals surface area contributed by atoms with Crippen LogP contribution in [0.1, 0.15) is 30.9 Å². The molecule has 0 radical (unpaired) electrons. The first-order valence-electron chi connectivity index (χ1n) is 7.43. The molecule has 0 aliphatic heterocycles. The summed E-state index contributed by atoms with van der Waals surface area (Å²) in [6.07, 6.45) is 7.45. The molecule has 3 aromatic rings. The van der Waals surface area contributed by atoms with E-state index in [1.54, 1.807) is 6.07 Å². The van der Waals surface area contributed by atoms with Gasteiger partial charge in [-0.1, -0.05) is 42.5 Å². The molecule has 1 unspecified atom stereocenters. The standard InChI is InChI=1S/C19H16O2/c20-17-12-18(14-7-2-1-3-8-14)21-19-15-9-5-4-6-13(15)10-11-16(17)19/h1-2,4-6,9-12,14H,3,7-8H2. The molecule has 0 saturated heterocycles. The Morgan fingerprint density at radius 2 is 1.90 bits per heavy atom. The van der Waals surface area contributed by atoms with E-state index in [-0.39, 0.29) is 5.43 Å². The summed E-state index contributed by atoms with van der Waals surface area (Å²) in [7, 11) is 0. The van der Waals surface area contributed by atoms with Gasteiger partial charge in [-0.25, -0.2) is 0 Å². The quantitative estimate of drug-likeness (QED) is 0.473. The first-order valence-corrected chi connectivity index (χ1v) is 7.43. The van der Waals surface area contributed by atoms with E-state index in [0.717, 1.165) is 41.4 Å². The van der Waals surface area contributed by atoms with Crippen LogP contribution in [0.5, 0.6) is 0 Å². The summed E-state index contributed by atoms with van der Waals surface area (Å²) in [5, 5.41) is 2.79. The van der Waals surface area contributed by atoms with Gasteiger partial charge in [0, 0.05) is 17.4 Å². The number of rotatable bonds is 1. The van der Waals surface area contributed by atoms with Crippen LogP contribution in [-0.2, 0) is 0 Å². The Labute approximate surface area is 122 Å². The van der Waals surface area contributed by atoms with Crippen molar-refractivity contribution in [2.75, 3.05) is 0 Å². The highest BCUT2D eigenvalue weighted by Crippen LogP contribution is 2.31. The lowest BCUT2D eigenvalue weighted by molar-refractivity contribution is 0.458. The lowest BCUT2D eigenvalue weighted by Crippen LogP contribution is -2.07. The van der Waals surface area contributed by atoms with E-state index >= 15 is 0 Å². The second-order valence-corrected chi connectivity index (χ2v) is 5.66. The highest BCUT2D eigenvalue weighted by atomic mass is 16.3. The topological polar surface area (TPSA) is 30.2 Å². The molecule has 2 nitrogen and oxygen atoms in total. The van der Waals surface area contributed by atoms with Gasteiger partial charge in [-0.15, -0.1) is 0 Å². The molecule has 2 heteroatoms. The zero-order valence-electron chi connectivity index (χ0n) is 11.7. The fourth-order valence-corrected chi connectivity index (χ4v) is 3.15. The van der Waals surface area contributed by atoms with Gasteiger partial charge in [-0.05, 0) is 30.7 Å². The van der Waals surface area contributed by atoms with Crippen LogP contribution in [0.2, 0.25) is 0 Å². The molecule has 21 heavy (non-hydrogen) atoms. The molecule has 0 fully saturated rings. The van der Waals surface area contributed by atoms with Crippen LogP contribution in [0, 0.1) is 0 Å². The van der Waals surface area contributed by atoms with Gasteiger partial charge in [-0.2, -0.15) is 0 Å². The Morgan fingerprint density at radius 3 is 2.76 bits per heavy atom. The Kier molecular flexibility index (Phi) is 2.88. The molecular formula is C19H16O2. The smallest absolute Gasteiger partial charge is 0.192 e. The van der Waals surface area contributed by atoms with Gasteiger partial charge >= 0.3 is 0 Å². The average Bonchev–Trinajstić information content (AvgIpc) is 2.55. The van der Waals surface area contributed by atoms with Crippen molar-refractivity contribution in [3.8, 4) is 0 Å². The summed E-state index contributed by atoms with van der Waals surface area (Å²) in [5.41, 5.74) is 0.789. The van der Waals surface area contributed by atoms with Crippen LogP contribution in [-0.4, -0.2) is 0 Å². The lowest BCUT2D eigenvalue weighted by atomic mass is 9.91. The molecule has 0 amide bonds. The summed E-state index contributed by atoms with van der Waals surface area (Å²) in [4.78, 5) is 12.4. The van der Waals surface area contributed by atoms with Gasteiger partial charge in [-0.3, -0.25) is 4.79 Å². The van der Waals surface area contributed by atoms with E-state index in [9.17, 15) is 4.79 Å². The Morgan fingerprint density at radius 1 is 1.00 bits per heavy atom. The summed E-state index contributed by atoms with van der Waals surface area (Å²) in [6, 6.07) is 13.6. The fraction of sp³-hybridized carbons (Fsp3) is 0.211. The molecule has 2 aromatic carbocycles. The highest BCUT2D eigenvalue weighted by Gasteiger charge is 2.17. The lowest BCUT2D eigenvalue weighted by Gasteiger charge is -2.17. The van der Waals surface area contributed by atoms with Crippen LogP contribution < -0.4 is 5.43 Å². The SMILES string of the molecule is O=c1cc(C2CC=CCC2)oc2c1ccc1ccccc12. The molecular weight excluding hydrogens is 260 g/mol. The second kappa shape index (κ2) is 4.88. The maximum absolute atomic E-state index is 12.4. The van der Waals surface area contributed by atoms with Crippen molar-refractivity contribution in [2.24, 2.45) is 0 Å². The van der Waals surface area contributed by atoms with Crippen molar-refractivity contribution in [2.45, 2.75) is 25.2 Å². The largest absolute Gasteiger partial charge is 0.460 e. The van der Waals surface area contributed by atoms with Gasteiger partial charge < -0.3 is 4.42 Å². The Hall–Kier alpha value is -2.35. The zero-order valence-corrected chi connectivity index (χ0v) is 11.7. The predicted molar refractivity (Wildman–Crippen MR) is 85.7 cm³/mol. The van der Waals surface area contributed by atoms with Crippen molar-refractivity contribution < 1.29 is 4.42 Å². The molecule has 104 valence electrons. The van der Waals surface area contributed by atoms with Crippen molar-refractivity contribution in [3.63, 3.8) is 0 Å². The third-order valence-electron chi connectivity index (χ3n) is 4.31. The zero-order chi connectivity index (χ0) is 14.2. The molecule has 1 aliphatic carbocycles. The summed E-state index contributed by atoms with van der Waals surface area (Å²) < 4.78 is 6.16. The van der Waals surface area contributed by atoms with Crippen LogP contribution in [0.4, 0.5) is 0 Å². The number of hydrogen-bond acceptors (Lipinski definition) is 2. The molecule has 1 aliphatic rings. The third-order valence-corrected chi connectivity index (χ3v) is 4.31. The van der Waals surface area contributed by atoms with Crippen molar-refractivity contribution in [1.29, 1.82) is 0 Å². The van der Waals surface area contributed by atoms with E-state index < -0.39 is 0 Å². The Bertz CT molecular complexity index is 902. The minimum absolute atomic E-state index is 0.0616. The second-order valence-electron chi connectivity index (χ2n) is 5.66. The monoisotopic (exact) mass is 276 g/mol. The third kappa shape index (κ3) is 2.07. The maximum atomic E-state index is 12.4. The number of benzene rings is 2. The molecule has 4 rings (SSSR count). The molecule has 0 spiro atoms. The normalized spacial score (nSPS) is 18.4. The fourth-order valence-electron chi connectivity index (χ4n) is 3.15. The molecule has 0 saturated carbocycles. The van der Waals surface area contributed by atoms with Crippen molar-refractivity contribution in [1.82, 2.24) is 0 Å². The predicted octanol–water partition coefficient (Wildman–Crippen LogP) is 4.77. The molecule has 1 atom stereocenters. The number of hydrogen-bond donors (Lipinski definition) is 0.